The number of ether oxygens (including phenoxy) is 1. The van der Waals surface area contributed by atoms with Crippen LogP contribution in [0.15, 0.2) is 29.4 Å². The highest BCUT2D eigenvalue weighted by molar-refractivity contribution is 7.85. The summed E-state index contributed by atoms with van der Waals surface area (Å²) in [6.45, 7) is 7.00. The molecule has 0 unspecified atom stereocenters. The molecule has 0 saturated heterocycles. The van der Waals surface area contributed by atoms with Gasteiger partial charge in [0.25, 0.3) is 0 Å². The number of benzene rings is 1. The zero-order valence-corrected chi connectivity index (χ0v) is 14.6. The number of hydrogen-bond acceptors (Lipinski definition) is 6. The average molecular weight is 339 g/mol. The topological polar surface area (TPSA) is 109 Å². The number of rotatable bonds is 2. The van der Waals surface area contributed by atoms with Crippen LogP contribution in [-0.4, -0.2) is 25.1 Å². The van der Waals surface area contributed by atoms with Crippen LogP contribution >= 0.6 is 0 Å². The van der Waals surface area contributed by atoms with E-state index in [0.29, 0.717) is 17.0 Å². The quantitative estimate of drug-likeness (QED) is 0.495. The Balaban J connectivity index is 0.000000238. The van der Waals surface area contributed by atoms with Gasteiger partial charge in [0.05, 0.1) is 18.1 Å². The van der Waals surface area contributed by atoms with Gasteiger partial charge >= 0.3 is 12.2 Å². The number of methoxy groups -OCH3 is 1. The molecular weight excluding hydrogens is 318 g/mol. The first-order valence-corrected chi connectivity index (χ1v) is 8.18. The minimum atomic E-state index is -4.33. The Kier molecular flexibility index (Phi) is 6.05. The summed E-state index contributed by atoms with van der Waals surface area (Å²) in [6, 6.07) is 5.15. The fourth-order valence-electron chi connectivity index (χ4n) is 2.23. The SMILES string of the molecule is COc1cc(C)nc[n+]1N.Cc1cc(C)c(S(=O)(=O)[O-])c(C)c1. The lowest BCUT2D eigenvalue weighted by atomic mass is 10.1. The van der Waals surface area contributed by atoms with Crippen molar-refractivity contribution in [2.24, 2.45) is 0 Å². The van der Waals surface area contributed by atoms with Gasteiger partial charge in [-0.2, -0.15) is 0 Å². The van der Waals surface area contributed by atoms with Crippen molar-refractivity contribution in [2.75, 3.05) is 13.0 Å². The van der Waals surface area contributed by atoms with Crippen molar-refractivity contribution < 1.29 is 22.4 Å². The molecule has 1 aromatic carbocycles. The number of nitrogens with zero attached hydrogens (tertiary/aromatic N) is 2. The predicted octanol–water partition coefficient (Wildman–Crippen LogP) is 0.916. The van der Waals surface area contributed by atoms with E-state index in [9.17, 15) is 13.0 Å². The Morgan fingerprint density at radius 2 is 1.65 bits per heavy atom. The molecule has 2 rings (SSSR count). The van der Waals surface area contributed by atoms with E-state index in [4.69, 9.17) is 10.6 Å². The molecule has 0 amide bonds. The summed E-state index contributed by atoms with van der Waals surface area (Å²) in [5, 5.41) is 0. The van der Waals surface area contributed by atoms with Crippen LogP contribution in [-0.2, 0) is 10.1 Å². The average Bonchev–Trinajstić information content (AvgIpc) is 2.39. The molecular formula is C15H21N3O4S. The summed E-state index contributed by atoms with van der Waals surface area (Å²) in [5.41, 5.74) is 2.89. The van der Waals surface area contributed by atoms with Crippen molar-refractivity contribution in [3.05, 3.63) is 46.9 Å². The fraction of sp³-hybridized carbons (Fsp3) is 0.333. The maximum atomic E-state index is 10.8. The van der Waals surface area contributed by atoms with Crippen molar-refractivity contribution in [2.45, 2.75) is 32.6 Å². The van der Waals surface area contributed by atoms with Crippen LogP contribution in [0, 0.1) is 27.7 Å². The van der Waals surface area contributed by atoms with Gasteiger partial charge in [-0.25, -0.2) is 8.42 Å². The van der Waals surface area contributed by atoms with Crippen molar-refractivity contribution in [3.63, 3.8) is 0 Å². The molecule has 0 spiro atoms. The lowest BCUT2D eigenvalue weighted by Gasteiger charge is -2.14. The first kappa shape index (κ1) is 18.9. The second-order valence-electron chi connectivity index (χ2n) is 5.16. The lowest BCUT2D eigenvalue weighted by molar-refractivity contribution is -0.648. The normalized spacial score (nSPS) is 10.7. The van der Waals surface area contributed by atoms with E-state index in [2.05, 4.69) is 4.98 Å². The van der Waals surface area contributed by atoms with Gasteiger partial charge in [-0.05, 0) is 31.9 Å². The van der Waals surface area contributed by atoms with Gasteiger partial charge in [0.1, 0.15) is 10.1 Å². The van der Waals surface area contributed by atoms with E-state index in [0.717, 1.165) is 11.3 Å². The Bertz CT molecular complexity index is 781. The molecule has 23 heavy (non-hydrogen) atoms. The molecule has 0 aliphatic heterocycles. The molecule has 0 atom stereocenters. The maximum absolute atomic E-state index is 10.8. The summed E-state index contributed by atoms with van der Waals surface area (Å²) in [6.07, 6.45) is 1.51. The molecule has 0 fully saturated rings. The standard InChI is InChI=1S/C9H12O3S.C6H10N3O/c1-6-4-7(2)9(8(3)5-6)13(10,11)12;1-5-3-6(10-2)9(7)4-8-5/h4-5H,1-3H3,(H,10,11,12);3-4H,7H2,1-2H3/q;+1/p-1. The summed E-state index contributed by atoms with van der Waals surface area (Å²) in [4.78, 5) is 3.86. The highest BCUT2D eigenvalue weighted by atomic mass is 32.2. The molecule has 7 nitrogen and oxygen atoms in total. The fourth-order valence-corrected chi connectivity index (χ4v) is 3.13. The molecule has 0 bridgehead atoms. The van der Waals surface area contributed by atoms with Crippen molar-refractivity contribution in [1.29, 1.82) is 0 Å². The summed E-state index contributed by atoms with van der Waals surface area (Å²) in [5.74, 6) is 6.03. The molecule has 1 heterocycles. The molecule has 126 valence electrons. The number of aromatic nitrogens is 2. The number of nitrogen functional groups attached to an aromatic ring is 1. The molecule has 8 heteroatoms. The predicted molar refractivity (Wildman–Crippen MR) is 84.5 cm³/mol. The molecule has 0 aliphatic carbocycles. The monoisotopic (exact) mass is 339 g/mol. The van der Waals surface area contributed by atoms with Crippen molar-refractivity contribution >= 4 is 10.1 Å². The Labute approximate surface area is 136 Å². The van der Waals surface area contributed by atoms with Gasteiger partial charge in [-0.3, -0.25) is 5.84 Å². The lowest BCUT2D eigenvalue weighted by Crippen LogP contribution is -2.45. The Morgan fingerprint density at radius 3 is 2.04 bits per heavy atom. The second kappa shape index (κ2) is 7.38. The first-order chi connectivity index (χ1) is 10.6. The van der Waals surface area contributed by atoms with E-state index in [1.165, 1.54) is 11.0 Å². The third-order valence-corrected chi connectivity index (χ3v) is 4.18. The van der Waals surface area contributed by atoms with Gasteiger partial charge in [0.15, 0.2) is 5.69 Å². The van der Waals surface area contributed by atoms with Crippen molar-refractivity contribution in [1.82, 2.24) is 4.98 Å². The number of nitrogens with two attached hydrogens (primary N) is 1. The molecule has 2 N–H and O–H groups in total. The number of hydrogen-bond donors (Lipinski definition) is 1. The summed E-state index contributed by atoms with van der Waals surface area (Å²) < 4.78 is 38.7. The molecule has 0 radical (unpaired) electrons. The third-order valence-electron chi connectivity index (χ3n) is 3.04. The summed E-state index contributed by atoms with van der Waals surface area (Å²) in [7, 11) is -2.76. The van der Waals surface area contributed by atoms with E-state index in [1.807, 2.05) is 13.8 Å². The van der Waals surface area contributed by atoms with E-state index < -0.39 is 10.1 Å². The van der Waals surface area contributed by atoms with Gasteiger partial charge in [-0.1, -0.05) is 27.4 Å². The Hall–Kier alpha value is -2.19. The van der Waals surface area contributed by atoms with Crippen LogP contribution < -0.4 is 15.3 Å². The zero-order chi connectivity index (χ0) is 17.8. The van der Waals surface area contributed by atoms with Gasteiger partial charge in [0.2, 0.25) is 0 Å². The highest BCUT2D eigenvalue weighted by Gasteiger charge is 2.09. The van der Waals surface area contributed by atoms with Gasteiger partial charge in [-0.15, -0.1) is 0 Å². The molecule has 0 aliphatic rings. The molecule has 1 aromatic heterocycles. The van der Waals surface area contributed by atoms with Gasteiger partial charge in [0, 0.05) is 6.92 Å². The van der Waals surface area contributed by atoms with Gasteiger partial charge < -0.3 is 9.29 Å². The van der Waals surface area contributed by atoms with Crippen molar-refractivity contribution in [3.8, 4) is 5.88 Å². The van der Waals surface area contributed by atoms with Crippen LogP contribution in [0.2, 0.25) is 0 Å². The van der Waals surface area contributed by atoms with Crippen LogP contribution in [0.25, 0.3) is 0 Å². The zero-order valence-electron chi connectivity index (χ0n) is 13.8. The van der Waals surface area contributed by atoms with Crippen LogP contribution in [0.3, 0.4) is 0 Å². The maximum Gasteiger partial charge on any atom is 0.312 e. The molecule has 0 saturated carbocycles. The third kappa shape index (κ3) is 5.19. The minimum Gasteiger partial charge on any atom is -0.744 e. The van der Waals surface area contributed by atoms with E-state index >= 15 is 0 Å². The summed E-state index contributed by atoms with van der Waals surface area (Å²) >= 11 is 0. The van der Waals surface area contributed by atoms with E-state index in [-0.39, 0.29) is 4.90 Å². The number of aryl methyl sites for hydroxylation is 4. The highest BCUT2D eigenvalue weighted by Crippen LogP contribution is 2.20. The smallest absolute Gasteiger partial charge is 0.312 e. The van der Waals surface area contributed by atoms with Crippen LogP contribution in [0.4, 0.5) is 0 Å². The van der Waals surface area contributed by atoms with Crippen LogP contribution in [0.5, 0.6) is 5.88 Å². The molecule has 2 aromatic rings. The van der Waals surface area contributed by atoms with Crippen LogP contribution in [0.1, 0.15) is 22.4 Å². The van der Waals surface area contributed by atoms with E-state index in [1.54, 1.807) is 39.2 Å². The second-order valence-corrected chi connectivity index (χ2v) is 6.48. The largest absolute Gasteiger partial charge is 0.744 e. The first-order valence-electron chi connectivity index (χ1n) is 6.77. The Morgan fingerprint density at radius 1 is 1.13 bits per heavy atom. The minimum absolute atomic E-state index is 0.0851.